The van der Waals surface area contributed by atoms with Crippen molar-refractivity contribution in [3.8, 4) is 0 Å². The standard InChI is InChI=1S/C15H16O3/c1-13(17)18-15(9-5-6-12-16)11-10-14-7-3-2-4-8-14/h2-8,10-12,15H,9H2,1H3/b6-5+,11-10+. The van der Waals surface area contributed by atoms with Crippen molar-refractivity contribution >= 4 is 18.3 Å². The van der Waals surface area contributed by atoms with Crippen LogP contribution in [0.25, 0.3) is 6.08 Å². The summed E-state index contributed by atoms with van der Waals surface area (Å²) in [5.74, 6) is -0.336. The molecular formula is C15H16O3. The van der Waals surface area contributed by atoms with Crippen molar-refractivity contribution in [2.75, 3.05) is 0 Å². The second kappa shape index (κ2) is 8.01. The zero-order chi connectivity index (χ0) is 13.2. The minimum absolute atomic E-state index is 0.336. The summed E-state index contributed by atoms with van der Waals surface area (Å²) in [5.41, 5.74) is 1.04. The third-order valence-corrected chi connectivity index (χ3v) is 2.20. The largest absolute Gasteiger partial charge is 0.458 e. The van der Waals surface area contributed by atoms with Gasteiger partial charge in [0.1, 0.15) is 12.4 Å². The molecular weight excluding hydrogens is 228 g/mol. The molecule has 1 rings (SSSR count). The SMILES string of the molecule is CC(=O)OC(/C=C/c1ccccc1)C/C=C/C=O. The molecule has 94 valence electrons. The van der Waals surface area contributed by atoms with Crippen molar-refractivity contribution in [2.45, 2.75) is 19.4 Å². The number of carbonyl (C=O) groups excluding carboxylic acids is 2. The van der Waals surface area contributed by atoms with E-state index in [9.17, 15) is 9.59 Å². The fourth-order valence-corrected chi connectivity index (χ4v) is 1.43. The molecule has 0 aromatic heterocycles. The summed E-state index contributed by atoms with van der Waals surface area (Å²) in [6, 6.07) is 9.73. The van der Waals surface area contributed by atoms with Gasteiger partial charge < -0.3 is 4.74 Å². The number of ether oxygens (including phenoxy) is 1. The van der Waals surface area contributed by atoms with Gasteiger partial charge in [-0.3, -0.25) is 9.59 Å². The van der Waals surface area contributed by atoms with Crippen molar-refractivity contribution in [3.05, 3.63) is 54.1 Å². The van der Waals surface area contributed by atoms with Gasteiger partial charge in [-0.1, -0.05) is 42.5 Å². The molecule has 0 aliphatic rings. The minimum Gasteiger partial charge on any atom is -0.458 e. The highest BCUT2D eigenvalue weighted by Gasteiger charge is 2.05. The van der Waals surface area contributed by atoms with Crippen LogP contribution in [0.15, 0.2) is 48.6 Å². The third-order valence-electron chi connectivity index (χ3n) is 2.20. The van der Waals surface area contributed by atoms with E-state index in [-0.39, 0.29) is 12.1 Å². The van der Waals surface area contributed by atoms with Gasteiger partial charge in [-0.2, -0.15) is 0 Å². The molecule has 0 bridgehead atoms. The molecule has 1 unspecified atom stereocenters. The number of hydrogen-bond acceptors (Lipinski definition) is 3. The fourth-order valence-electron chi connectivity index (χ4n) is 1.43. The van der Waals surface area contributed by atoms with E-state index in [4.69, 9.17) is 4.74 Å². The molecule has 0 N–H and O–H groups in total. The lowest BCUT2D eigenvalue weighted by atomic mass is 10.1. The summed E-state index contributed by atoms with van der Waals surface area (Å²) < 4.78 is 5.13. The van der Waals surface area contributed by atoms with Crippen LogP contribution in [0.2, 0.25) is 0 Å². The first-order valence-corrected chi connectivity index (χ1v) is 5.73. The van der Waals surface area contributed by atoms with E-state index >= 15 is 0 Å². The van der Waals surface area contributed by atoms with Crippen molar-refractivity contribution in [2.24, 2.45) is 0 Å². The summed E-state index contributed by atoms with van der Waals surface area (Å²) in [6.07, 6.45) is 7.61. The van der Waals surface area contributed by atoms with Crippen LogP contribution in [-0.2, 0) is 14.3 Å². The molecule has 0 radical (unpaired) electrons. The van der Waals surface area contributed by atoms with E-state index in [1.807, 2.05) is 42.5 Å². The molecule has 0 aliphatic carbocycles. The van der Waals surface area contributed by atoms with Crippen LogP contribution >= 0.6 is 0 Å². The smallest absolute Gasteiger partial charge is 0.303 e. The maximum absolute atomic E-state index is 10.9. The van der Waals surface area contributed by atoms with Crippen LogP contribution in [0.5, 0.6) is 0 Å². The number of aldehydes is 1. The maximum Gasteiger partial charge on any atom is 0.303 e. The lowest BCUT2D eigenvalue weighted by Gasteiger charge is -2.10. The first-order valence-electron chi connectivity index (χ1n) is 5.73. The van der Waals surface area contributed by atoms with E-state index in [1.165, 1.54) is 13.0 Å². The molecule has 0 saturated carbocycles. The van der Waals surface area contributed by atoms with E-state index in [0.717, 1.165) is 5.56 Å². The van der Waals surface area contributed by atoms with Crippen LogP contribution in [0.3, 0.4) is 0 Å². The van der Waals surface area contributed by atoms with Gasteiger partial charge >= 0.3 is 5.97 Å². The number of allylic oxidation sites excluding steroid dienone is 1. The van der Waals surface area contributed by atoms with Gasteiger partial charge in [0.25, 0.3) is 0 Å². The zero-order valence-electron chi connectivity index (χ0n) is 10.3. The summed E-state index contributed by atoms with van der Waals surface area (Å²) >= 11 is 0. The first-order chi connectivity index (χ1) is 8.72. The number of hydrogen-bond donors (Lipinski definition) is 0. The number of carbonyl (C=O) groups is 2. The molecule has 3 nitrogen and oxygen atoms in total. The molecule has 1 atom stereocenters. The van der Waals surface area contributed by atoms with Crippen LogP contribution in [0, 0.1) is 0 Å². The van der Waals surface area contributed by atoms with E-state index < -0.39 is 0 Å². The van der Waals surface area contributed by atoms with Crippen molar-refractivity contribution < 1.29 is 14.3 Å². The molecule has 0 amide bonds. The Balaban J connectivity index is 2.65. The predicted molar refractivity (Wildman–Crippen MR) is 70.9 cm³/mol. The Morgan fingerprint density at radius 3 is 2.67 bits per heavy atom. The third kappa shape index (κ3) is 5.80. The monoisotopic (exact) mass is 244 g/mol. The Kier molecular flexibility index (Phi) is 6.19. The van der Waals surface area contributed by atoms with Gasteiger partial charge in [0, 0.05) is 13.3 Å². The molecule has 0 fully saturated rings. The van der Waals surface area contributed by atoms with Gasteiger partial charge in [-0.25, -0.2) is 0 Å². The highest BCUT2D eigenvalue weighted by molar-refractivity contribution is 5.67. The van der Waals surface area contributed by atoms with Crippen LogP contribution in [0.4, 0.5) is 0 Å². The average molecular weight is 244 g/mol. The van der Waals surface area contributed by atoms with E-state index in [1.54, 1.807) is 6.08 Å². The quantitative estimate of drug-likeness (QED) is 0.439. The minimum atomic E-state index is -0.348. The topological polar surface area (TPSA) is 43.4 Å². The van der Waals surface area contributed by atoms with E-state index in [0.29, 0.717) is 12.7 Å². The first kappa shape index (κ1) is 13.9. The van der Waals surface area contributed by atoms with Gasteiger partial charge in [0.05, 0.1) is 0 Å². The van der Waals surface area contributed by atoms with Gasteiger partial charge in [-0.05, 0) is 17.7 Å². The number of benzene rings is 1. The highest BCUT2D eigenvalue weighted by Crippen LogP contribution is 2.07. The second-order valence-corrected chi connectivity index (χ2v) is 3.72. The molecule has 0 saturated heterocycles. The van der Waals surface area contributed by atoms with Crippen LogP contribution in [-0.4, -0.2) is 18.4 Å². The second-order valence-electron chi connectivity index (χ2n) is 3.72. The van der Waals surface area contributed by atoms with Gasteiger partial charge in [-0.15, -0.1) is 0 Å². The Bertz CT molecular complexity index is 432. The average Bonchev–Trinajstić information content (AvgIpc) is 2.37. The summed E-state index contributed by atoms with van der Waals surface area (Å²) in [5, 5.41) is 0. The molecule has 1 aromatic carbocycles. The lowest BCUT2D eigenvalue weighted by Crippen LogP contribution is -2.12. The summed E-state index contributed by atoms with van der Waals surface area (Å²) in [4.78, 5) is 21.1. The Hall–Kier alpha value is -2.16. The molecule has 18 heavy (non-hydrogen) atoms. The molecule has 3 heteroatoms. The van der Waals surface area contributed by atoms with Crippen LogP contribution < -0.4 is 0 Å². The van der Waals surface area contributed by atoms with Crippen molar-refractivity contribution in [3.63, 3.8) is 0 Å². The Morgan fingerprint density at radius 2 is 2.06 bits per heavy atom. The highest BCUT2D eigenvalue weighted by atomic mass is 16.5. The Morgan fingerprint density at radius 1 is 1.33 bits per heavy atom. The van der Waals surface area contributed by atoms with E-state index in [2.05, 4.69) is 0 Å². The normalized spacial score (nSPS) is 12.7. The molecule has 0 aliphatic heterocycles. The maximum atomic E-state index is 10.9. The summed E-state index contributed by atoms with van der Waals surface area (Å²) in [6.45, 7) is 1.37. The van der Waals surface area contributed by atoms with Crippen LogP contribution in [0.1, 0.15) is 18.9 Å². The van der Waals surface area contributed by atoms with Gasteiger partial charge in [0.15, 0.2) is 0 Å². The van der Waals surface area contributed by atoms with Crippen molar-refractivity contribution in [1.82, 2.24) is 0 Å². The fraction of sp³-hybridized carbons (Fsp3) is 0.200. The number of esters is 1. The summed E-state index contributed by atoms with van der Waals surface area (Å²) in [7, 11) is 0. The number of rotatable bonds is 6. The molecule has 0 spiro atoms. The zero-order valence-corrected chi connectivity index (χ0v) is 10.3. The lowest BCUT2D eigenvalue weighted by molar-refractivity contribution is -0.143. The predicted octanol–water partition coefficient (Wildman–Crippen LogP) is 2.78. The van der Waals surface area contributed by atoms with Gasteiger partial charge in [0.2, 0.25) is 0 Å². The molecule has 1 aromatic rings. The van der Waals surface area contributed by atoms with Crippen molar-refractivity contribution in [1.29, 1.82) is 0 Å². The Labute approximate surface area is 107 Å². The molecule has 0 heterocycles.